The van der Waals surface area contributed by atoms with Gasteiger partial charge in [0.15, 0.2) is 0 Å². The number of hydrogen-bond donors (Lipinski definition) is 1. The predicted octanol–water partition coefficient (Wildman–Crippen LogP) is 4.13. The van der Waals surface area contributed by atoms with E-state index < -0.39 is 0 Å². The van der Waals surface area contributed by atoms with Crippen LogP contribution in [0, 0.1) is 5.41 Å². The summed E-state index contributed by atoms with van der Waals surface area (Å²) in [6.07, 6.45) is 3.54. The molecule has 84 valence electrons. The van der Waals surface area contributed by atoms with Crippen molar-refractivity contribution in [2.45, 2.75) is 45.1 Å². The molecule has 2 atom stereocenters. The summed E-state index contributed by atoms with van der Waals surface area (Å²) in [5, 5.41) is 2.17. The summed E-state index contributed by atoms with van der Waals surface area (Å²) >= 11 is 5.51. The highest BCUT2D eigenvalue weighted by atomic mass is 79.9. The van der Waals surface area contributed by atoms with Crippen LogP contribution in [0.4, 0.5) is 0 Å². The molecule has 1 aromatic heterocycles. The Bertz CT molecular complexity index is 343. The van der Waals surface area contributed by atoms with Gasteiger partial charge in [-0.1, -0.05) is 13.8 Å². The van der Waals surface area contributed by atoms with Crippen LogP contribution in [0.2, 0.25) is 0 Å². The molecule has 1 fully saturated rings. The SMILES string of the molecule is CCC1(CC)C(N)CC1c1sccc1Br. The smallest absolute Gasteiger partial charge is 0.0317 e. The minimum absolute atomic E-state index is 0.355. The Kier molecular flexibility index (Phi) is 3.25. The molecule has 2 rings (SSSR count). The lowest BCUT2D eigenvalue weighted by molar-refractivity contribution is 0.0455. The van der Waals surface area contributed by atoms with E-state index in [0.717, 1.165) is 6.42 Å². The third kappa shape index (κ3) is 1.60. The van der Waals surface area contributed by atoms with Crippen LogP contribution in [0.15, 0.2) is 15.9 Å². The number of thiophene rings is 1. The molecule has 15 heavy (non-hydrogen) atoms. The van der Waals surface area contributed by atoms with Crippen LogP contribution in [0.1, 0.15) is 43.9 Å². The van der Waals surface area contributed by atoms with Gasteiger partial charge in [0.1, 0.15) is 0 Å². The monoisotopic (exact) mass is 287 g/mol. The Balaban J connectivity index is 2.29. The summed E-state index contributed by atoms with van der Waals surface area (Å²) in [4.78, 5) is 1.50. The highest BCUT2D eigenvalue weighted by Gasteiger charge is 2.51. The van der Waals surface area contributed by atoms with Crippen LogP contribution in [0.5, 0.6) is 0 Å². The first-order chi connectivity index (χ1) is 7.15. The van der Waals surface area contributed by atoms with Crippen molar-refractivity contribution in [1.29, 1.82) is 0 Å². The van der Waals surface area contributed by atoms with Crippen LogP contribution in [-0.2, 0) is 0 Å². The number of halogens is 1. The van der Waals surface area contributed by atoms with Crippen LogP contribution < -0.4 is 5.73 Å². The van der Waals surface area contributed by atoms with Gasteiger partial charge in [-0.15, -0.1) is 11.3 Å². The zero-order valence-electron chi connectivity index (χ0n) is 9.29. The lowest BCUT2D eigenvalue weighted by Gasteiger charge is -2.54. The largest absolute Gasteiger partial charge is 0.327 e. The van der Waals surface area contributed by atoms with Gasteiger partial charge in [-0.3, -0.25) is 0 Å². The predicted molar refractivity (Wildman–Crippen MR) is 70.4 cm³/mol. The third-order valence-corrected chi connectivity index (χ3v) is 6.18. The first-order valence-electron chi connectivity index (χ1n) is 5.64. The summed E-state index contributed by atoms with van der Waals surface area (Å²) in [6.45, 7) is 4.55. The van der Waals surface area contributed by atoms with Crippen molar-refractivity contribution in [3.8, 4) is 0 Å². The van der Waals surface area contributed by atoms with Gasteiger partial charge >= 0.3 is 0 Å². The van der Waals surface area contributed by atoms with Crippen LogP contribution in [0.3, 0.4) is 0 Å². The first kappa shape index (κ1) is 11.6. The van der Waals surface area contributed by atoms with E-state index in [4.69, 9.17) is 5.73 Å². The Morgan fingerprint density at radius 1 is 1.53 bits per heavy atom. The molecule has 2 N–H and O–H groups in total. The maximum atomic E-state index is 6.21. The van der Waals surface area contributed by atoms with Crippen molar-refractivity contribution >= 4 is 27.3 Å². The second-order valence-electron chi connectivity index (χ2n) is 4.47. The standard InChI is InChI=1S/C12H18BrNS/c1-3-12(4-2)8(7-10(12)14)11-9(13)5-6-15-11/h5-6,8,10H,3-4,7,14H2,1-2H3. The van der Waals surface area contributed by atoms with E-state index in [0.29, 0.717) is 17.4 Å². The molecule has 0 aromatic carbocycles. The van der Waals surface area contributed by atoms with Crippen molar-refractivity contribution in [2.24, 2.45) is 11.1 Å². The van der Waals surface area contributed by atoms with Gasteiger partial charge in [-0.05, 0) is 52.1 Å². The highest BCUT2D eigenvalue weighted by molar-refractivity contribution is 9.10. The second-order valence-corrected chi connectivity index (χ2v) is 6.27. The molecule has 2 unspecified atom stereocenters. The molecule has 1 aliphatic rings. The molecule has 0 bridgehead atoms. The van der Waals surface area contributed by atoms with Crippen molar-refractivity contribution in [3.63, 3.8) is 0 Å². The van der Waals surface area contributed by atoms with Gasteiger partial charge in [-0.2, -0.15) is 0 Å². The summed E-state index contributed by atoms with van der Waals surface area (Å²) in [7, 11) is 0. The molecule has 0 spiro atoms. The van der Waals surface area contributed by atoms with Crippen molar-refractivity contribution in [2.75, 3.05) is 0 Å². The number of hydrogen-bond acceptors (Lipinski definition) is 2. The maximum Gasteiger partial charge on any atom is 0.0317 e. The molecule has 1 heterocycles. The molecule has 0 amide bonds. The molecule has 0 saturated heterocycles. The van der Waals surface area contributed by atoms with E-state index in [1.54, 1.807) is 0 Å². The highest BCUT2D eigenvalue weighted by Crippen LogP contribution is 2.58. The first-order valence-corrected chi connectivity index (χ1v) is 7.31. The van der Waals surface area contributed by atoms with Gasteiger partial charge in [0.05, 0.1) is 0 Å². The molecule has 0 aliphatic heterocycles. The lowest BCUT2D eigenvalue weighted by Crippen LogP contribution is -2.55. The van der Waals surface area contributed by atoms with Crippen LogP contribution in [0.25, 0.3) is 0 Å². The van der Waals surface area contributed by atoms with Gasteiger partial charge in [0, 0.05) is 21.3 Å². The quantitative estimate of drug-likeness (QED) is 0.889. The lowest BCUT2D eigenvalue weighted by atomic mass is 9.53. The van der Waals surface area contributed by atoms with E-state index in [-0.39, 0.29) is 0 Å². The van der Waals surface area contributed by atoms with E-state index in [9.17, 15) is 0 Å². The summed E-state index contributed by atoms with van der Waals surface area (Å²) < 4.78 is 1.27. The van der Waals surface area contributed by atoms with Crippen molar-refractivity contribution in [3.05, 3.63) is 20.8 Å². The summed E-state index contributed by atoms with van der Waals surface area (Å²) in [5.41, 5.74) is 6.57. The molecule has 3 heteroatoms. The zero-order chi connectivity index (χ0) is 11.1. The fourth-order valence-electron chi connectivity index (χ4n) is 3.01. The molecule has 1 nitrogen and oxygen atoms in total. The zero-order valence-corrected chi connectivity index (χ0v) is 11.7. The van der Waals surface area contributed by atoms with Crippen LogP contribution in [-0.4, -0.2) is 6.04 Å². The van der Waals surface area contributed by atoms with Crippen LogP contribution >= 0.6 is 27.3 Å². The van der Waals surface area contributed by atoms with Gasteiger partial charge < -0.3 is 5.73 Å². The van der Waals surface area contributed by atoms with E-state index in [2.05, 4.69) is 41.2 Å². The van der Waals surface area contributed by atoms with Gasteiger partial charge in [0.2, 0.25) is 0 Å². The maximum absolute atomic E-state index is 6.21. The Morgan fingerprint density at radius 3 is 2.60 bits per heavy atom. The fourth-order valence-corrected chi connectivity index (χ4v) is 4.90. The van der Waals surface area contributed by atoms with Gasteiger partial charge in [-0.25, -0.2) is 0 Å². The summed E-state index contributed by atoms with van der Waals surface area (Å²) in [5.74, 6) is 0.678. The molecule has 0 radical (unpaired) electrons. The summed E-state index contributed by atoms with van der Waals surface area (Å²) in [6, 6.07) is 2.55. The molecule has 1 saturated carbocycles. The van der Waals surface area contributed by atoms with Crippen molar-refractivity contribution in [1.82, 2.24) is 0 Å². The number of nitrogens with two attached hydrogens (primary N) is 1. The normalized spacial score (nSPS) is 28.8. The second kappa shape index (κ2) is 4.19. The molecule has 1 aromatic rings. The van der Waals surface area contributed by atoms with E-state index in [1.165, 1.54) is 22.2 Å². The fraction of sp³-hybridized carbons (Fsp3) is 0.667. The number of rotatable bonds is 3. The Labute approximate surface area is 104 Å². The molecular formula is C12H18BrNS. The minimum atomic E-state index is 0.355. The van der Waals surface area contributed by atoms with E-state index >= 15 is 0 Å². The topological polar surface area (TPSA) is 26.0 Å². The third-order valence-electron chi connectivity index (χ3n) is 4.20. The Morgan fingerprint density at radius 2 is 2.20 bits per heavy atom. The van der Waals surface area contributed by atoms with Gasteiger partial charge in [0.25, 0.3) is 0 Å². The average Bonchev–Trinajstić information content (AvgIpc) is 2.63. The van der Waals surface area contributed by atoms with E-state index in [1.807, 2.05) is 11.3 Å². The van der Waals surface area contributed by atoms with Crippen molar-refractivity contribution < 1.29 is 0 Å². The average molecular weight is 288 g/mol. The minimum Gasteiger partial charge on any atom is -0.327 e. The molecular weight excluding hydrogens is 270 g/mol. The molecule has 1 aliphatic carbocycles. The Hall–Kier alpha value is 0.140.